The van der Waals surface area contributed by atoms with Crippen LogP contribution in [0, 0.1) is 13.8 Å². The Morgan fingerprint density at radius 2 is 1.96 bits per heavy atom. The van der Waals surface area contributed by atoms with Crippen LogP contribution in [0.5, 0.6) is 0 Å². The molecule has 25 heavy (non-hydrogen) atoms. The average molecular weight is 397 g/mol. The molecule has 0 aliphatic carbocycles. The third-order valence-electron chi connectivity index (χ3n) is 3.90. The van der Waals surface area contributed by atoms with Crippen LogP contribution >= 0.6 is 15.9 Å². The number of nitrogens with zero attached hydrogens (tertiary/aromatic N) is 5. The highest BCUT2D eigenvalue weighted by molar-refractivity contribution is 9.10. The van der Waals surface area contributed by atoms with Gasteiger partial charge in [0.1, 0.15) is 17.4 Å². The number of H-pyrrole nitrogens is 1. The highest BCUT2D eigenvalue weighted by atomic mass is 79.9. The van der Waals surface area contributed by atoms with Crippen LogP contribution in [0.25, 0.3) is 28.2 Å². The lowest BCUT2D eigenvalue weighted by Crippen LogP contribution is -2.09. The Morgan fingerprint density at radius 3 is 2.64 bits per heavy atom. The number of aromatic amines is 1. The number of aromatic nitrogens is 6. The van der Waals surface area contributed by atoms with Crippen molar-refractivity contribution in [1.82, 2.24) is 29.7 Å². The first kappa shape index (κ1) is 15.6. The van der Waals surface area contributed by atoms with Crippen LogP contribution < -0.4 is 5.56 Å². The summed E-state index contributed by atoms with van der Waals surface area (Å²) in [7, 11) is 0. The van der Waals surface area contributed by atoms with Crippen molar-refractivity contribution >= 4 is 27.0 Å². The summed E-state index contributed by atoms with van der Waals surface area (Å²) in [6.45, 7) is 4.01. The van der Waals surface area contributed by atoms with Crippen LogP contribution in [0.1, 0.15) is 11.1 Å². The minimum absolute atomic E-state index is 0.253. The average Bonchev–Trinajstić information content (AvgIpc) is 2.99. The zero-order valence-corrected chi connectivity index (χ0v) is 15.1. The smallest absolute Gasteiger partial charge is 0.262 e. The van der Waals surface area contributed by atoms with Crippen LogP contribution in [0.4, 0.5) is 0 Å². The van der Waals surface area contributed by atoms with E-state index in [0.29, 0.717) is 22.6 Å². The Morgan fingerprint density at radius 1 is 1.20 bits per heavy atom. The quantitative estimate of drug-likeness (QED) is 0.562. The molecule has 1 aromatic carbocycles. The molecule has 0 amide bonds. The number of hydrogen-bond acceptors (Lipinski definition) is 5. The lowest BCUT2D eigenvalue weighted by Gasteiger charge is -2.10. The van der Waals surface area contributed by atoms with E-state index in [0.717, 1.165) is 21.3 Å². The summed E-state index contributed by atoms with van der Waals surface area (Å²) >= 11 is 3.49. The van der Waals surface area contributed by atoms with Crippen molar-refractivity contribution in [2.24, 2.45) is 0 Å². The molecule has 8 heteroatoms. The van der Waals surface area contributed by atoms with Gasteiger partial charge in [0.25, 0.3) is 5.56 Å². The molecule has 0 aliphatic rings. The summed E-state index contributed by atoms with van der Waals surface area (Å²) in [5, 5.41) is 4.94. The van der Waals surface area contributed by atoms with E-state index in [2.05, 4.69) is 41.0 Å². The van der Waals surface area contributed by atoms with Crippen LogP contribution in [0.3, 0.4) is 0 Å². The third kappa shape index (κ3) is 2.74. The lowest BCUT2D eigenvalue weighted by molar-refractivity contribution is 0.872. The van der Waals surface area contributed by atoms with Gasteiger partial charge in [-0.2, -0.15) is 0 Å². The van der Waals surface area contributed by atoms with Crippen molar-refractivity contribution in [2.75, 3.05) is 0 Å². The number of aryl methyl sites for hydroxylation is 2. The van der Waals surface area contributed by atoms with E-state index < -0.39 is 0 Å². The maximum atomic E-state index is 12.4. The fourth-order valence-electron chi connectivity index (χ4n) is 2.85. The molecule has 0 spiro atoms. The predicted octanol–water partition coefficient (Wildman–Crippen LogP) is 2.95. The maximum absolute atomic E-state index is 12.4. The highest BCUT2D eigenvalue weighted by Gasteiger charge is 2.14. The molecule has 1 N–H and O–H groups in total. The zero-order chi connectivity index (χ0) is 17.6. The van der Waals surface area contributed by atoms with Gasteiger partial charge in [0, 0.05) is 16.9 Å². The summed E-state index contributed by atoms with van der Waals surface area (Å²) in [6.07, 6.45) is 4.71. The molecule has 0 saturated heterocycles. The molecule has 3 heterocycles. The summed E-state index contributed by atoms with van der Waals surface area (Å²) in [4.78, 5) is 27.6. The van der Waals surface area contributed by atoms with Crippen LogP contribution in [0.2, 0.25) is 0 Å². The van der Waals surface area contributed by atoms with Crippen LogP contribution in [0.15, 0.2) is 46.2 Å². The Labute approximate surface area is 150 Å². The van der Waals surface area contributed by atoms with Gasteiger partial charge in [0.2, 0.25) is 0 Å². The second-order valence-electron chi connectivity index (χ2n) is 5.71. The van der Waals surface area contributed by atoms with Gasteiger partial charge in [-0.1, -0.05) is 15.9 Å². The monoisotopic (exact) mass is 396 g/mol. The summed E-state index contributed by atoms with van der Waals surface area (Å²) in [5.41, 5.74) is 3.69. The second-order valence-corrected chi connectivity index (χ2v) is 6.62. The molecule has 7 nitrogen and oxygen atoms in total. The number of hydrogen-bond donors (Lipinski definition) is 1. The van der Waals surface area contributed by atoms with Gasteiger partial charge in [-0.3, -0.25) is 4.79 Å². The lowest BCUT2D eigenvalue weighted by atomic mass is 10.1. The van der Waals surface area contributed by atoms with E-state index in [4.69, 9.17) is 0 Å². The van der Waals surface area contributed by atoms with Crippen LogP contribution in [-0.2, 0) is 0 Å². The topological polar surface area (TPSA) is 89.4 Å². The van der Waals surface area contributed by atoms with E-state index in [-0.39, 0.29) is 5.56 Å². The number of nitrogens with one attached hydrogen (secondary N) is 1. The molecule has 3 aromatic heterocycles. The highest BCUT2D eigenvalue weighted by Crippen LogP contribution is 2.24. The van der Waals surface area contributed by atoms with Crippen molar-refractivity contribution < 1.29 is 0 Å². The van der Waals surface area contributed by atoms with Crippen molar-refractivity contribution in [3.8, 4) is 17.2 Å². The number of fused-ring (bicyclic) bond motifs is 1. The van der Waals surface area contributed by atoms with Gasteiger partial charge in [0.15, 0.2) is 11.5 Å². The van der Waals surface area contributed by atoms with E-state index in [1.54, 1.807) is 23.1 Å². The van der Waals surface area contributed by atoms with Crippen molar-refractivity contribution in [2.45, 2.75) is 13.8 Å². The fourth-order valence-corrected chi connectivity index (χ4v) is 3.53. The van der Waals surface area contributed by atoms with Crippen molar-refractivity contribution in [3.63, 3.8) is 0 Å². The van der Waals surface area contributed by atoms with Gasteiger partial charge < -0.3 is 4.98 Å². The molecule has 0 aliphatic heterocycles. The molecule has 4 aromatic rings. The summed E-state index contributed by atoms with van der Waals surface area (Å²) in [6, 6.07) is 5.71. The van der Waals surface area contributed by atoms with E-state index >= 15 is 0 Å². The molecule has 0 saturated carbocycles. The standard InChI is InChI=1S/C17H13BrN6O/c1-9-5-11(18)6-10(2)14(9)24-7-12-15(23-24)21-16(22-17(12)25)13-3-4-19-8-20-13/h3-8H,1-2H3,(H,21,22,23,25). The number of halogens is 1. The van der Waals surface area contributed by atoms with Gasteiger partial charge in [0.05, 0.1) is 5.69 Å². The molecule has 0 unspecified atom stereocenters. The molecule has 0 radical (unpaired) electrons. The molecular formula is C17H13BrN6O. The predicted molar refractivity (Wildman–Crippen MR) is 97.7 cm³/mol. The van der Waals surface area contributed by atoms with E-state index in [1.165, 1.54) is 6.33 Å². The molecule has 0 atom stereocenters. The largest absolute Gasteiger partial charge is 0.305 e. The third-order valence-corrected chi connectivity index (χ3v) is 4.36. The van der Waals surface area contributed by atoms with Gasteiger partial charge in [-0.05, 0) is 43.2 Å². The van der Waals surface area contributed by atoms with E-state index in [1.807, 2.05) is 26.0 Å². The van der Waals surface area contributed by atoms with Gasteiger partial charge in [-0.15, -0.1) is 5.10 Å². The zero-order valence-electron chi connectivity index (χ0n) is 13.5. The SMILES string of the molecule is Cc1cc(Br)cc(C)c1-n1cc2c(=O)[nH]c(-c3ccncn3)nc2n1. The van der Waals surface area contributed by atoms with Gasteiger partial charge >= 0.3 is 0 Å². The Balaban J connectivity index is 1.92. The molecule has 4 rings (SSSR count). The molecule has 0 fully saturated rings. The normalized spacial score (nSPS) is 11.2. The fraction of sp³-hybridized carbons (Fsp3) is 0.118. The molecule has 124 valence electrons. The molecule has 0 bridgehead atoms. The maximum Gasteiger partial charge on any atom is 0.262 e. The minimum atomic E-state index is -0.253. The number of benzene rings is 1. The van der Waals surface area contributed by atoms with Crippen molar-refractivity contribution in [1.29, 1.82) is 0 Å². The Hall–Kier alpha value is -2.87. The van der Waals surface area contributed by atoms with Crippen molar-refractivity contribution in [3.05, 3.63) is 62.9 Å². The first-order chi connectivity index (χ1) is 12.0. The van der Waals surface area contributed by atoms with Gasteiger partial charge in [-0.25, -0.2) is 19.6 Å². The Bertz CT molecular complexity index is 1130. The summed E-state index contributed by atoms with van der Waals surface area (Å²) in [5.74, 6) is 0.370. The summed E-state index contributed by atoms with van der Waals surface area (Å²) < 4.78 is 2.71. The number of rotatable bonds is 2. The molecular weight excluding hydrogens is 384 g/mol. The second kappa shape index (κ2) is 5.89. The van der Waals surface area contributed by atoms with Crippen LogP contribution in [-0.4, -0.2) is 29.7 Å². The first-order valence-electron chi connectivity index (χ1n) is 7.56. The first-order valence-corrected chi connectivity index (χ1v) is 8.35. The Kier molecular flexibility index (Phi) is 3.69. The minimum Gasteiger partial charge on any atom is -0.305 e. The van der Waals surface area contributed by atoms with E-state index in [9.17, 15) is 4.79 Å².